The molecule has 6 aromatic rings. The zero-order chi connectivity index (χ0) is 70.5. The van der Waals surface area contributed by atoms with Crippen molar-refractivity contribution in [3.63, 3.8) is 0 Å². The lowest BCUT2D eigenvalue weighted by atomic mass is 10.1. The predicted molar refractivity (Wildman–Crippen MR) is 315 cm³/mol. The smallest absolute Gasteiger partial charge is 0.389 e. The summed E-state index contributed by atoms with van der Waals surface area (Å²) in [6.45, 7) is -2.81. The predicted octanol–water partition coefficient (Wildman–Crippen LogP) is 6.57. The number of aryl methyl sites for hydroxylation is 2. The number of urea groups is 2. The Morgan fingerprint density at radius 2 is 1.37 bits per heavy atom. The number of methoxy groups -OCH3 is 2. The summed E-state index contributed by atoms with van der Waals surface area (Å²) in [6.07, 6.45) is -4.30. The number of alkyl halides is 7. The molecule has 0 aliphatic carbocycles. The molecule has 0 bridgehead atoms. The molecular formula is C49H53ClF8N13O18PS4. The third kappa shape index (κ3) is 26.1. The van der Waals surface area contributed by atoms with Crippen molar-refractivity contribution >= 4 is 110 Å². The molecule has 0 spiro atoms. The summed E-state index contributed by atoms with van der Waals surface area (Å²) in [7, 11) is -9.66. The Labute approximate surface area is 538 Å². The highest BCUT2D eigenvalue weighted by molar-refractivity contribution is 8.00. The van der Waals surface area contributed by atoms with Crippen LogP contribution in [-0.2, 0) is 58.4 Å². The number of fused-ring (bicyclic) bond motifs is 1. The number of anilines is 2. The van der Waals surface area contributed by atoms with E-state index in [0.29, 0.717) is 28.9 Å². The number of carboxylic acids is 2. The van der Waals surface area contributed by atoms with Gasteiger partial charge in [-0.3, -0.25) is 34.3 Å². The summed E-state index contributed by atoms with van der Waals surface area (Å²) < 4.78 is 185. The molecule has 94 heavy (non-hydrogen) atoms. The van der Waals surface area contributed by atoms with Crippen LogP contribution < -0.4 is 49.7 Å². The minimum absolute atomic E-state index is 0.0412. The van der Waals surface area contributed by atoms with Crippen molar-refractivity contribution in [1.82, 2.24) is 43.7 Å². The number of nitrogens with one attached hydrogen (secondary N) is 4. The van der Waals surface area contributed by atoms with Gasteiger partial charge in [0.2, 0.25) is 28.5 Å². The van der Waals surface area contributed by atoms with E-state index in [0.717, 1.165) is 60.2 Å². The Bertz CT molecular complexity index is 4090. The summed E-state index contributed by atoms with van der Waals surface area (Å²) in [5, 5.41) is 21.3. The largest absolute Gasteiger partial charge is 0.480 e. The molecule has 2 atom stereocenters. The van der Waals surface area contributed by atoms with E-state index in [9.17, 15) is 85.3 Å². The molecule has 514 valence electrons. The molecule has 0 saturated heterocycles. The summed E-state index contributed by atoms with van der Waals surface area (Å²) in [6, 6.07) is 8.65. The Balaban J connectivity index is 0.000000278. The normalized spacial score (nSPS) is 13.1. The fourth-order valence-corrected chi connectivity index (χ4v) is 12.1. The number of aromatic nitrogens is 7. The first kappa shape index (κ1) is 77.8. The van der Waals surface area contributed by atoms with Crippen molar-refractivity contribution in [2.75, 3.05) is 43.4 Å². The lowest BCUT2D eigenvalue weighted by molar-refractivity contribution is -0.139. The average molecular weight is 1460 g/mol. The van der Waals surface area contributed by atoms with Crippen LogP contribution >= 0.6 is 42.1 Å². The number of ether oxygens (including phenoxy) is 4. The van der Waals surface area contributed by atoms with Crippen LogP contribution in [0.3, 0.4) is 0 Å². The van der Waals surface area contributed by atoms with Crippen molar-refractivity contribution in [3.05, 3.63) is 109 Å². The molecule has 4 amide bonds. The van der Waals surface area contributed by atoms with E-state index >= 15 is 0 Å². The van der Waals surface area contributed by atoms with Gasteiger partial charge in [0.15, 0.2) is 7.37 Å². The number of sulfonamides is 2. The molecule has 45 heteroatoms. The molecule has 1 aliphatic heterocycles. The Morgan fingerprint density at radius 1 is 0.830 bits per heavy atom. The lowest BCUT2D eigenvalue weighted by Crippen LogP contribution is -2.35. The first-order valence-corrected chi connectivity index (χ1v) is 33.3. The number of halogens is 9. The van der Waals surface area contributed by atoms with E-state index in [1.54, 1.807) is 19.4 Å². The molecule has 0 radical (unpaired) electrons. The number of benzene rings is 3. The van der Waals surface area contributed by atoms with Crippen LogP contribution in [0, 0.1) is 12.7 Å². The number of thioether (sulfide) groups is 1. The van der Waals surface area contributed by atoms with Gasteiger partial charge in [-0.25, -0.2) is 54.7 Å². The highest BCUT2D eigenvalue weighted by Gasteiger charge is 2.30. The second-order valence-corrected chi connectivity index (χ2v) is 26.5. The van der Waals surface area contributed by atoms with E-state index in [4.69, 9.17) is 37.2 Å². The van der Waals surface area contributed by atoms with Crippen molar-refractivity contribution in [2.45, 2.75) is 92.2 Å². The van der Waals surface area contributed by atoms with Gasteiger partial charge in [0.1, 0.15) is 28.3 Å². The van der Waals surface area contributed by atoms with Crippen LogP contribution in [0.5, 0.6) is 17.8 Å². The molecule has 4 heterocycles. The van der Waals surface area contributed by atoms with Crippen LogP contribution in [0.1, 0.15) is 47.4 Å². The summed E-state index contributed by atoms with van der Waals surface area (Å²) in [5.41, 5.74) is 4.46. The highest BCUT2D eigenvalue weighted by atomic mass is 35.5. The first-order chi connectivity index (χ1) is 43.8. The number of hydrogen-bond donors (Lipinski definition) is 8. The number of esters is 1. The fourth-order valence-electron chi connectivity index (χ4n) is 7.04. The molecule has 9 N–H and O–H groups in total. The number of carbonyl (C=O) groups is 5. The first-order valence-electron chi connectivity index (χ1n) is 25.8. The second-order valence-electron chi connectivity index (χ2n) is 18.3. The van der Waals surface area contributed by atoms with Crippen molar-refractivity contribution in [1.29, 1.82) is 0 Å². The van der Waals surface area contributed by atoms with Gasteiger partial charge >= 0.3 is 60.3 Å². The SMILES string of the molecule is COC(=O)CSc1cc(/N=c2\sc(=O)n3n2CCCC3)c(F)cc1Cl.COc1nc(C)nc(NC(=O)NS(=O)(=O)c2ccccc2CCC(F)(F)F)n1.CP(=O)(O)CCC(N)C(=O)O.O=C(Nc1nc(OC(F)F)cc(OC(F)F)n1)NS(=O)(=O)c1ccccc1C(=O)O. The van der Waals surface area contributed by atoms with Gasteiger partial charge < -0.3 is 39.8 Å². The Hall–Kier alpha value is -8.61. The molecule has 3 aromatic carbocycles. The van der Waals surface area contributed by atoms with E-state index < -0.39 is 135 Å². The lowest BCUT2D eigenvalue weighted by Gasteiger charge is -2.15. The maximum Gasteiger partial charge on any atom is 0.389 e. The number of nitrogens with two attached hydrogens (primary N) is 1. The maximum absolute atomic E-state index is 14.3. The number of aromatic carboxylic acids is 1. The van der Waals surface area contributed by atoms with Crippen molar-refractivity contribution < 1.29 is 115 Å². The van der Waals surface area contributed by atoms with Crippen molar-refractivity contribution in [2.24, 2.45) is 10.7 Å². The standard InChI is InChI=1S/C15H15ClFN3O3S2.C15H16F3N5O4S.C14H10F4N4O7S.C5H12NO4P/c1-23-13(21)8-24-12-7-11(10(17)6-9(12)16)18-14-19-4-2-3-5-20(19)15(22)25-14;1-9-19-12(22-14(20-9)27-2)21-13(24)23-28(25,26)11-6-4-3-5-10(11)7-8-15(16,17)18;15-11(16)28-8-5-9(29-12(17)18)20-13(19-8)21-14(25)22-30(26,27)7-4-2-1-3-6(7)10(23)24;1-11(9,10)3-2-4(6)5(7)8/h6-7H,2-5,8H2,1H3;3-6H,7-8H2,1-2H3,(H2,19,20,21,22,23,24);1-5,11-12H,(H,23,24)(H2,19,20,21,22,25);4H,2-3,6H2,1H3,(H,7,8)(H,9,10)/b18-14-;;;. The minimum atomic E-state index is -4.71. The van der Waals surface area contributed by atoms with E-state index in [-0.39, 0.29) is 57.3 Å². The monoisotopic (exact) mass is 1460 g/mol. The quantitative estimate of drug-likeness (QED) is 0.0154. The van der Waals surface area contributed by atoms with Gasteiger partial charge in [-0.15, -0.1) is 11.8 Å². The summed E-state index contributed by atoms with van der Waals surface area (Å²) in [5.74, 6) is -6.57. The van der Waals surface area contributed by atoms with E-state index in [1.807, 2.05) is 0 Å². The van der Waals surface area contributed by atoms with Gasteiger partial charge in [-0.2, -0.15) is 55.7 Å². The third-order valence-corrected chi connectivity index (χ3v) is 17.3. The topological polar surface area (TPSA) is 446 Å². The molecular weight excluding hydrogens is 1410 g/mol. The summed E-state index contributed by atoms with van der Waals surface area (Å²) in [4.78, 5) is 99.2. The maximum atomic E-state index is 14.3. The van der Waals surface area contributed by atoms with Gasteiger partial charge in [-0.05, 0) is 79.8 Å². The molecule has 0 saturated carbocycles. The van der Waals surface area contributed by atoms with Gasteiger partial charge in [0.05, 0.1) is 41.5 Å². The Morgan fingerprint density at radius 3 is 1.90 bits per heavy atom. The van der Waals surface area contributed by atoms with Crippen molar-refractivity contribution in [3.8, 4) is 17.8 Å². The molecule has 7 rings (SSSR count). The number of rotatable bonds is 22. The molecule has 1 aliphatic rings. The minimum Gasteiger partial charge on any atom is -0.480 e. The second kappa shape index (κ2) is 35.1. The number of aliphatic carboxylic acids is 1. The van der Waals surface area contributed by atoms with Crippen LogP contribution in [0.2, 0.25) is 5.02 Å². The summed E-state index contributed by atoms with van der Waals surface area (Å²) >= 11 is 8.17. The van der Waals surface area contributed by atoms with Gasteiger partial charge in [0, 0.05) is 37.2 Å². The average Bonchev–Trinajstić information content (AvgIpc) is 1.76. The van der Waals surface area contributed by atoms with Crippen LogP contribution in [0.15, 0.2) is 91.2 Å². The van der Waals surface area contributed by atoms with E-state index in [1.165, 1.54) is 68.9 Å². The number of hydrogen-bond acceptors (Lipinski definition) is 24. The van der Waals surface area contributed by atoms with Gasteiger partial charge in [0.25, 0.3) is 20.0 Å². The zero-order valence-corrected chi connectivity index (χ0v) is 53.5. The van der Waals surface area contributed by atoms with Crippen LogP contribution in [-0.4, -0.2) is 154 Å². The van der Waals surface area contributed by atoms with Gasteiger partial charge in [-0.1, -0.05) is 41.9 Å². The van der Waals surface area contributed by atoms with Crippen LogP contribution in [0.25, 0.3) is 0 Å². The zero-order valence-electron chi connectivity index (χ0n) is 48.5. The Kier molecular flexibility index (Phi) is 29.0. The molecule has 0 fully saturated rings. The molecule has 31 nitrogen and oxygen atoms in total. The number of amides is 4. The fraction of sp³-hybridized carbons (Fsp3) is 0.347. The molecule has 2 unspecified atom stereocenters. The van der Waals surface area contributed by atoms with E-state index in [2.05, 4.69) is 49.4 Å². The number of carbonyl (C=O) groups excluding carboxylic acids is 3. The van der Waals surface area contributed by atoms with Crippen LogP contribution in [0.4, 0.5) is 62.3 Å². The molecule has 3 aromatic heterocycles. The third-order valence-electron chi connectivity index (χ3n) is 11.1. The number of nitrogens with zero attached hydrogens (tertiary/aromatic N) is 8. The highest BCUT2D eigenvalue weighted by Crippen LogP contribution is 2.36. The number of carboxylic acid groups (broad SMARTS) is 2.